The van der Waals surface area contributed by atoms with Gasteiger partial charge in [-0.25, -0.2) is 0 Å². The van der Waals surface area contributed by atoms with Crippen LogP contribution >= 0.6 is 0 Å². The molecule has 6 nitrogen and oxygen atoms in total. The van der Waals surface area contributed by atoms with E-state index >= 15 is 0 Å². The third-order valence-corrected chi connectivity index (χ3v) is 4.43. The zero-order valence-electron chi connectivity index (χ0n) is 15.7. The van der Waals surface area contributed by atoms with Gasteiger partial charge < -0.3 is 23.5 Å². The minimum atomic E-state index is -0.101. The monoisotopic (exact) mass is 359 g/mol. The van der Waals surface area contributed by atoms with Crippen molar-refractivity contribution in [1.29, 1.82) is 0 Å². The fourth-order valence-corrected chi connectivity index (χ4v) is 3.30. The van der Waals surface area contributed by atoms with Crippen LogP contribution in [-0.2, 0) is 11.2 Å². The molecular weight excluding hydrogens is 334 g/mol. The molecule has 1 aromatic heterocycles. The summed E-state index contributed by atoms with van der Waals surface area (Å²) < 4.78 is 22.2. The zero-order valence-corrected chi connectivity index (χ0v) is 15.7. The molecule has 0 aliphatic carbocycles. The highest BCUT2D eigenvalue weighted by molar-refractivity contribution is 5.91. The Morgan fingerprint density at radius 1 is 1.12 bits per heavy atom. The minimum absolute atomic E-state index is 0.0261. The van der Waals surface area contributed by atoms with E-state index < -0.39 is 0 Å². The molecule has 1 aliphatic heterocycles. The summed E-state index contributed by atoms with van der Waals surface area (Å²) in [5.41, 5.74) is 0.939. The first-order valence-electron chi connectivity index (χ1n) is 8.74. The van der Waals surface area contributed by atoms with Crippen molar-refractivity contribution in [2.75, 3.05) is 27.3 Å². The molecule has 2 aromatic rings. The Hall–Kier alpha value is -2.47. The minimum Gasteiger partial charge on any atom is -0.497 e. The van der Waals surface area contributed by atoms with Crippen molar-refractivity contribution in [2.24, 2.45) is 0 Å². The van der Waals surface area contributed by atoms with Crippen molar-refractivity contribution < 1.29 is 23.4 Å². The normalized spacial score (nSPS) is 20.1. The van der Waals surface area contributed by atoms with Gasteiger partial charge in [-0.1, -0.05) is 0 Å². The molecule has 0 saturated carbocycles. The van der Waals surface area contributed by atoms with Crippen LogP contribution in [0.1, 0.15) is 35.7 Å². The fraction of sp³-hybridized carbons (Fsp3) is 0.450. The van der Waals surface area contributed by atoms with Crippen LogP contribution in [0.15, 0.2) is 34.7 Å². The number of morpholine rings is 1. The lowest BCUT2D eigenvalue weighted by molar-refractivity contribution is -0.0592. The maximum absolute atomic E-state index is 12.7. The molecule has 1 fully saturated rings. The molecule has 26 heavy (non-hydrogen) atoms. The Labute approximate surface area is 153 Å². The molecule has 1 aromatic carbocycles. The second-order valence-electron chi connectivity index (χ2n) is 6.59. The molecule has 3 rings (SSSR count). The summed E-state index contributed by atoms with van der Waals surface area (Å²) in [6.45, 7) is 5.09. The lowest BCUT2D eigenvalue weighted by atomic mass is 10.1. The molecule has 2 atom stereocenters. The van der Waals surface area contributed by atoms with E-state index in [4.69, 9.17) is 18.6 Å². The summed E-state index contributed by atoms with van der Waals surface area (Å²) in [6.07, 6.45) is 0.570. The van der Waals surface area contributed by atoms with Crippen molar-refractivity contribution in [2.45, 2.75) is 32.5 Å². The molecule has 2 heterocycles. The summed E-state index contributed by atoms with van der Waals surface area (Å²) in [7, 11) is 3.25. The number of carbonyl (C=O) groups excluding carboxylic acids is 1. The first-order valence-corrected chi connectivity index (χ1v) is 8.74. The van der Waals surface area contributed by atoms with Gasteiger partial charge in [0.15, 0.2) is 5.76 Å². The summed E-state index contributed by atoms with van der Waals surface area (Å²) in [5, 5.41) is 0. The van der Waals surface area contributed by atoms with Crippen LogP contribution in [0.4, 0.5) is 0 Å². The number of benzene rings is 1. The van der Waals surface area contributed by atoms with Crippen LogP contribution in [0.3, 0.4) is 0 Å². The molecule has 140 valence electrons. The zero-order chi connectivity index (χ0) is 18.7. The van der Waals surface area contributed by atoms with Crippen molar-refractivity contribution in [1.82, 2.24) is 4.90 Å². The van der Waals surface area contributed by atoms with E-state index in [2.05, 4.69) is 0 Å². The van der Waals surface area contributed by atoms with Crippen LogP contribution in [0.2, 0.25) is 0 Å². The Bertz CT molecular complexity index is 759. The SMILES string of the molecule is COc1ccc(OC)c(Cc2ccc(C(=O)N3C[C@@H](C)O[C@@H](C)C3)o2)c1. The molecule has 0 radical (unpaired) electrons. The van der Waals surface area contributed by atoms with E-state index in [-0.39, 0.29) is 18.1 Å². The highest BCUT2D eigenvalue weighted by atomic mass is 16.5. The van der Waals surface area contributed by atoms with Gasteiger partial charge >= 0.3 is 0 Å². The van der Waals surface area contributed by atoms with Crippen molar-refractivity contribution in [3.63, 3.8) is 0 Å². The topological polar surface area (TPSA) is 61.1 Å². The summed E-state index contributed by atoms with van der Waals surface area (Å²) in [5.74, 6) is 2.46. The summed E-state index contributed by atoms with van der Waals surface area (Å²) in [6, 6.07) is 9.18. The van der Waals surface area contributed by atoms with Gasteiger partial charge in [0.05, 0.1) is 26.4 Å². The highest BCUT2D eigenvalue weighted by Gasteiger charge is 2.28. The number of rotatable bonds is 5. The van der Waals surface area contributed by atoms with E-state index in [0.717, 1.165) is 17.1 Å². The Morgan fingerprint density at radius 2 is 1.85 bits per heavy atom. The summed E-state index contributed by atoms with van der Waals surface area (Å²) >= 11 is 0. The highest BCUT2D eigenvalue weighted by Crippen LogP contribution is 2.27. The third kappa shape index (κ3) is 4.02. The lowest BCUT2D eigenvalue weighted by Crippen LogP contribution is -2.48. The van der Waals surface area contributed by atoms with Gasteiger partial charge in [0, 0.05) is 25.1 Å². The molecule has 0 spiro atoms. The van der Waals surface area contributed by atoms with E-state index in [0.29, 0.717) is 31.0 Å². The van der Waals surface area contributed by atoms with Crippen molar-refractivity contribution >= 4 is 5.91 Å². The molecule has 0 unspecified atom stereocenters. The number of furan rings is 1. The van der Waals surface area contributed by atoms with E-state index in [1.165, 1.54) is 0 Å². The largest absolute Gasteiger partial charge is 0.497 e. The van der Waals surface area contributed by atoms with E-state index in [1.807, 2.05) is 38.1 Å². The Balaban J connectivity index is 1.75. The van der Waals surface area contributed by atoms with Crippen molar-refractivity contribution in [3.8, 4) is 11.5 Å². The number of carbonyl (C=O) groups is 1. The molecule has 1 saturated heterocycles. The second-order valence-corrected chi connectivity index (χ2v) is 6.59. The van der Waals surface area contributed by atoms with Crippen LogP contribution < -0.4 is 9.47 Å². The third-order valence-electron chi connectivity index (χ3n) is 4.43. The van der Waals surface area contributed by atoms with Gasteiger partial charge in [-0.3, -0.25) is 4.79 Å². The number of methoxy groups -OCH3 is 2. The molecular formula is C20H25NO5. The van der Waals surface area contributed by atoms with Gasteiger partial charge in [-0.05, 0) is 44.2 Å². The lowest BCUT2D eigenvalue weighted by Gasteiger charge is -2.34. The van der Waals surface area contributed by atoms with E-state index in [9.17, 15) is 4.79 Å². The number of hydrogen-bond acceptors (Lipinski definition) is 5. The summed E-state index contributed by atoms with van der Waals surface area (Å²) in [4.78, 5) is 14.5. The number of nitrogens with zero attached hydrogens (tertiary/aromatic N) is 1. The van der Waals surface area contributed by atoms with Crippen molar-refractivity contribution in [3.05, 3.63) is 47.4 Å². The quantitative estimate of drug-likeness (QED) is 0.821. The smallest absolute Gasteiger partial charge is 0.289 e. The fourth-order valence-electron chi connectivity index (χ4n) is 3.30. The maximum atomic E-state index is 12.7. The molecule has 1 amide bonds. The average molecular weight is 359 g/mol. The predicted molar refractivity (Wildman–Crippen MR) is 97.0 cm³/mol. The molecule has 1 aliphatic rings. The molecule has 0 N–H and O–H groups in total. The van der Waals surface area contributed by atoms with E-state index in [1.54, 1.807) is 25.2 Å². The van der Waals surface area contributed by atoms with Gasteiger partial charge in [0.1, 0.15) is 17.3 Å². The van der Waals surface area contributed by atoms with Gasteiger partial charge in [-0.2, -0.15) is 0 Å². The Morgan fingerprint density at radius 3 is 2.50 bits per heavy atom. The Kier molecular flexibility index (Phi) is 5.52. The van der Waals surface area contributed by atoms with Gasteiger partial charge in [0.2, 0.25) is 0 Å². The van der Waals surface area contributed by atoms with Gasteiger partial charge in [-0.15, -0.1) is 0 Å². The maximum Gasteiger partial charge on any atom is 0.289 e. The van der Waals surface area contributed by atoms with Crippen LogP contribution in [0, 0.1) is 0 Å². The first-order chi connectivity index (χ1) is 12.5. The van der Waals surface area contributed by atoms with Crippen LogP contribution in [-0.4, -0.2) is 50.3 Å². The first kappa shape index (κ1) is 18.3. The molecule has 0 bridgehead atoms. The average Bonchev–Trinajstić information content (AvgIpc) is 3.08. The van der Waals surface area contributed by atoms with Crippen LogP contribution in [0.25, 0.3) is 0 Å². The van der Waals surface area contributed by atoms with Crippen LogP contribution in [0.5, 0.6) is 11.5 Å². The number of hydrogen-bond donors (Lipinski definition) is 0. The number of amides is 1. The predicted octanol–water partition coefficient (Wildman–Crippen LogP) is 3.14. The second kappa shape index (κ2) is 7.83. The molecule has 6 heteroatoms. The number of ether oxygens (including phenoxy) is 3. The van der Waals surface area contributed by atoms with Gasteiger partial charge in [0.25, 0.3) is 5.91 Å². The standard InChI is InChI=1S/C20H25NO5/c1-13-11-21(12-14(2)25-13)20(22)19-8-6-17(26-19)10-15-9-16(23-3)5-7-18(15)24-4/h5-9,13-14H,10-12H2,1-4H3/t13-,14+.